The van der Waals surface area contributed by atoms with Crippen molar-refractivity contribution in [3.05, 3.63) is 90.1 Å². The zero-order chi connectivity index (χ0) is 36.3. The maximum Gasteiger partial charge on any atom is 0.266 e. The summed E-state index contributed by atoms with van der Waals surface area (Å²) >= 11 is 0. The van der Waals surface area contributed by atoms with E-state index in [1.807, 2.05) is 42.6 Å². The molecular weight excluding hydrogens is 660 g/mol. The molecule has 12 heteroatoms. The van der Waals surface area contributed by atoms with Gasteiger partial charge in [-0.05, 0) is 67.8 Å². The number of para-hydroxylation sites is 1. The van der Waals surface area contributed by atoms with Crippen molar-refractivity contribution in [1.82, 2.24) is 20.5 Å². The number of piperidine rings is 1. The molecule has 12 nitrogen and oxygen atoms in total. The van der Waals surface area contributed by atoms with E-state index in [9.17, 15) is 24.0 Å². The van der Waals surface area contributed by atoms with Crippen molar-refractivity contribution in [3.63, 3.8) is 0 Å². The molecular formula is C40H44N6O6. The van der Waals surface area contributed by atoms with Gasteiger partial charge in [0.15, 0.2) is 6.61 Å². The highest BCUT2D eigenvalue weighted by Crippen LogP contribution is 2.34. The van der Waals surface area contributed by atoms with Crippen LogP contribution in [0.4, 0.5) is 17.1 Å². The number of fused-ring (bicyclic) bond motifs is 2. The summed E-state index contributed by atoms with van der Waals surface area (Å²) in [7, 11) is 0. The second-order valence-electron chi connectivity index (χ2n) is 13.1. The molecule has 0 spiro atoms. The largest absolute Gasteiger partial charge is 0.483 e. The van der Waals surface area contributed by atoms with E-state index in [-0.39, 0.29) is 42.2 Å². The van der Waals surface area contributed by atoms with E-state index in [0.717, 1.165) is 71.5 Å². The number of pyridine rings is 1. The lowest BCUT2D eigenvalue weighted by Gasteiger charge is -2.27. The van der Waals surface area contributed by atoms with Gasteiger partial charge in [0.1, 0.15) is 11.8 Å². The molecule has 0 bridgehead atoms. The Labute approximate surface area is 302 Å². The summed E-state index contributed by atoms with van der Waals surface area (Å²) < 4.78 is 5.65. The number of carbonyl (C=O) groups is 5. The number of ether oxygens (including phenoxy) is 1. The molecule has 6 rings (SSSR count). The Morgan fingerprint density at radius 3 is 2.33 bits per heavy atom. The summed E-state index contributed by atoms with van der Waals surface area (Å²) in [6, 6.07) is 21.9. The highest BCUT2D eigenvalue weighted by molar-refractivity contribution is 6.24. The molecule has 1 fully saturated rings. The third-order valence-electron chi connectivity index (χ3n) is 9.34. The van der Waals surface area contributed by atoms with Gasteiger partial charge in [0.25, 0.3) is 17.7 Å². The fraction of sp³-hybridized carbons (Fsp3) is 0.350. The number of imide groups is 2. The molecule has 5 amide bonds. The Morgan fingerprint density at radius 2 is 1.56 bits per heavy atom. The molecule has 3 aromatic carbocycles. The van der Waals surface area contributed by atoms with Gasteiger partial charge in [-0.1, -0.05) is 62.8 Å². The second kappa shape index (κ2) is 17.4. The maximum absolute atomic E-state index is 13.2. The molecule has 0 radical (unpaired) electrons. The molecule has 4 N–H and O–H groups in total. The van der Waals surface area contributed by atoms with Gasteiger partial charge in [-0.3, -0.25) is 39.2 Å². The molecule has 1 saturated heterocycles. The summed E-state index contributed by atoms with van der Waals surface area (Å²) in [6.07, 6.45) is 10.7. The minimum Gasteiger partial charge on any atom is -0.483 e. The van der Waals surface area contributed by atoms with Gasteiger partial charge >= 0.3 is 0 Å². The lowest BCUT2D eigenvalue weighted by molar-refractivity contribution is -0.136. The van der Waals surface area contributed by atoms with Crippen molar-refractivity contribution >= 4 is 57.5 Å². The lowest BCUT2D eigenvalue weighted by atomic mass is 10.0. The molecule has 52 heavy (non-hydrogen) atoms. The standard InChI is InChI=1S/C40H44N6O6/c47-35-20-19-33(38(49)45-35)46-39(50)29-15-12-16-34(37(29)40(46)51)52-26-36(48)43-23-11-6-4-2-1-3-5-10-22-41-28-17-18-31-30(25-28)32(21-24-42-31)44-27-13-8-7-9-14-27/h7-9,12-18,21,24-25,33,41H,1-6,10-11,19-20,22-23,26H2,(H,42,44)(H,43,48)(H,45,47,49). The predicted octanol–water partition coefficient (Wildman–Crippen LogP) is 6.11. The number of nitrogens with zero attached hydrogens (tertiary/aromatic N) is 2. The number of anilines is 3. The van der Waals surface area contributed by atoms with E-state index in [4.69, 9.17) is 4.74 Å². The van der Waals surface area contributed by atoms with Crippen molar-refractivity contribution in [2.75, 3.05) is 30.3 Å². The molecule has 1 unspecified atom stereocenters. The van der Waals surface area contributed by atoms with Crippen LogP contribution in [-0.4, -0.2) is 65.2 Å². The Balaban J connectivity index is 0.817. The van der Waals surface area contributed by atoms with E-state index < -0.39 is 29.7 Å². The summed E-state index contributed by atoms with van der Waals surface area (Å²) in [6.45, 7) is 1.13. The van der Waals surface area contributed by atoms with E-state index >= 15 is 0 Å². The van der Waals surface area contributed by atoms with E-state index in [1.165, 1.54) is 31.4 Å². The van der Waals surface area contributed by atoms with Crippen LogP contribution >= 0.6 is 0 Å². The summed E-state index contributed by atoms with van der Waals surface area (Å²) in [4.78, 5) is 67.9. The molecule has 0 aliphatic carbocycles. The predicted molar refractivity (Wildman–Crippen MR) is 199 cm³/mol. The molecule has 3 heterocycles. The first-order valence-corrected chi connectivity index (χ1v) is 18.1. The molecule has 2 aliphatic rings. The molecule has 4 aromatic rings. The molecule has 1 aromatic heterocycles. The van der Waals surface area contributed by atoms with Crippen LogP contribution in [0.3, 0.4) is 0 Å². The summed E-state index contributed by atoms with van der Waals surface area (Å²) in [5.74, 6) is -2.63. The van der Waals surface area contributed by atoms with Gasteiger partial charge in [0.2, 0.25) is 11.8 Å². The van der Waals surface area contributed by atoms with Crippen LogP contribution in [0.5, 0.6) is 5.75 Å². The van der Waals surface area contributed by atoms with Gasteiger partial charge in [-0.2, -0.15) is 0 Å². The number of hydrogen-bond acceptors (Lipinski definition) is 9. The Morgan fingerprint density at radius 1 is 0.808 bits per heavy atom. The van der Waals surface area contributed by atoms with Crippen molar-refractivity contribution in [1.29, 1.82) is 0 Å². The molecule has 1 atom stereocenters. The number of carbonyl (C=O) groups excluding carboxylic acids is 5. The maximum atomic E-state index is 13.2. The number of amides is 5. The fourth-order valence-corrected chi connectivity index (χ4v) is 6.61. The number of benzene rings is 3. The zero-order valence-electron chi connectivity index (χ0n) is 29.1. The third kappa shape index (κ3) is 8.92. The summed E-state index contributed by atoms with van der Waals surface area (Å²) in [5, 5.41) is 13.2. The average molecular weight is 705 g/mol. The van der Waals surface area contributed by atoms with Gasteiger partial charge in [-0.25, -0.2) is 0 Å². The van der Waals surface area contributed by atoms with Crippen LogP contribution in [0, 0.1) is 0 Å². The van der Waals surface area contributed by atoms with Crippen LogP contribution < -0.4 is 26.0 Å². The number of aromatic nitrogens is 1. The highest BCUT2D eigenvalue weighted by Gasteiger charge is 2.46. The van der Waals surface area contributed by atoms with E-state index in [0.29, 0.717) is 6.54 Å². The Bertz CT molecular complexity index is 1930. The minimum absolute atomic E-state index is 0.0231. The fourth-order valence-electron chi connectivity index (χ4n) is 6.61. The first kappa shape index (κ1) is 36.0. The minimum atomic E-state index is -1.07. The first-order valence-electron chi connectivity index (χ1n) is 18.1. The second-order valence-corrected chi connectivity index (χ2v) is 13.1. The highest BCUT2D eigenvalue weighted by atomic mass is 16.5. The zero-order valence-corrected chi connectivity index (χ0v) is 29.1. The van der Waals surface area contributed by atoms with Crippen LogP contribution in [0.1, 0.15) is 84.9 Å². The number of nitrogens with one attached hydrogen (secondary N) is 4. The van der Waals surface area contributed by atoms with E-state index in [1.54, 1.807) is 6.07 Å². The van der Waals surface area contributed by atoms with Gasteiger partial charge in [-0.15, -0.1) is 0 Å². The average Bonchev–Trinajstić information content (AvgIpc) is 3.41. The molecule has 0 saturated carbocycles. The normalized spacial score (nSPS) is 15.4. The number of rotatable bonds is 18. The van der Waals surface area contributed by atoms with Crippen molar-refractivity contribution in [2.45, 2.75) is 70.3 Å². The molecule has 270 valence electrons. The Kier molecular flexibility index (Phi) is 12.1. The van der Waals surface area contributed by atoms with Crippen molar-refractivity contribution in [3.8, 4) is 5.75 Å². The Hall–Kier alpha value is -5.78. The topological polar surface area (TPSA) is 159 Å². The number of hydrogen-bond donors (Lipinski definition) is 4. The van der Waals surface area contributed by atoms with Crippen molar-refractivity contribution < 1.29 is 28.7 Å². The smallest absolute Gasteiger partial charge is 0.266 e. The van der Waals surface area contributed by atoms with Gasteiger partial charge < -0.3 is 20.7 Å². The van der Waals surface area contributed by atoms with Crippen LogP contribution in [0.25, 0.3) is 10.9 Å². The van der Waals surface area contributed by atoms with Gasteiger partial charge in [0, 0.05) is 48.2 Å². The van der Waals surface area contributed by atoms with Crippen LogP contribution in [0.2, 0.25) is 0 Å². The quantitative estimate of drug-likeness (QED) is 0.0709. The molecule has 2 aliphatic heterocycles. The third-order valence-corrected chi connectivity index (χ3v) is 9.34. The number of unbranched alkanes of at least 4 members (excludes halogenated alkanes) is 7. The van der Waals surface area contributed by atoms with Crippen LogP contribution in [0.15, 0.2) is 79.0 Å². The van der Waals surface area contributed by atoms with Crippen molar-refractivity contribution in [2.24, 2.45) is 0 Å². The SMILES string of the molecule is O=C(COc1cccc2c1C(=O)N(C1CCC(=O)NC1=O)C2=O)NCCCCCCCCCCNc1ccc2nccc(Nc3ccccc3)c2c1. The van der Waals surface area contributed by atoms with E-state index in [2.05, 4.69) is 44.5 Å². The monoisotopic (exact) mass is 704 g/mol. The summed E-state index contributed by atoms with van der Waals surface area (Å²) in [5.41, 5.74) is 4.24. The van der Waals surface area contributed by atoms with Gasteiger partial charge in [0.05, 0.1) is 16.6 Å². The first-order chi connectivity index (χ1) is 25.4. The lowest BCUT2D eigenvalue weighted by Crippen LogP contribution is -2.54. The van der Waals surface area contributed by atoms with Crippen LogP contribution in [-0.2, 0) is 14.4 Å².